The lowest BCUT2D eigenvalue weighted by molar-refractivity contribution is 0.130. The normalized spacial score (nSPS) is 12.0. The summed E-state index contributed by atoms with van der Waals surface area (Å²) in [4.78, 5) is 5.60. The van der Waals surface area contributed by atoms with E-state index >= 15 is 0 Å². The summed E-state index contributed by atoms with van der Waals surface area (Å²) in [5.41, 5.74) is 5.48. The zero-order valence-electron chi connectivity index (χ0n) is 16.3. The maximum absolute atomic E-state index is 11.8. The molecule has 0 radical (unpaired) electrons. The summed E-state index contributed by atoms with van der Waals surface area (Å²) < 4.78 is 24.5. The van der Waals surface area contributed by atoms with Gasteiger partial charge in [0.15, 0.2) is 9.84 Å². The maximum Gasteiger partial charge on any atom is 0.153 e. The lowest BCUT2D eigenvalue weighted by Gasteiger charge is -2.12. The third kappa shape index (κ3) is 6.02. The fourth-order valence-electron chi connectivity index (χ4n) is 3.03. The van der Waals surface area contributed by atoms with Crippen molar-refractivity contribution in [1.82, 2.24) is 0 Å². The van der Waals surface area contributed by atoms with Crippen molar-refractivity contribution < 1.29 is 13.3 Å². The van der Waals surface area contributed by atoms with Crippen LogP contribution in [0.1, 0.15) is 16.7 Å². The van der Waals surface area contributed by atoms with E-state index in [1.54, 1.807) is 0 Å². The van der Waals surface area contributed by atoms with E-state index in [0.29, 0.717) is 11.3 Å². The monoisotopic (exact) mass is 471 g/mol. The maximum atomic E-state index is 11.8. The van der Waals surface area contributed by atoms with Gasteiger partial charge in [0.25, 0.3) is 0 Å². The van der Waals surface area contributed by atoms with E-state index in [0.717, 1.165) is 26.7 Å². The van der Waals surface area contributed by atoms with E-state index in [-0.39, 0.29) is 12.4 Å². The summed E-state index contributed by atoms with van der Waals surface area (Å²) in [5, 5.41) is 4.18. The summed E-state index contributed by atoms with van der Waals surface area (Å²) in [7, 11) is -3.26. The van der Waals surface area contributed by atoms with Gasteiger partial charge in [0.1, 0.15) is 12.3 Å². The van der Waals surface area contributed by atoms with Crippen molar-refractivity contribution in [3.05, 3.63) is 94.0 Å². The molecule has 0 unspecified atom stereocenters. The zero-order valence-corrected chi connectivity index (χ0v) is 18.7. The quantitative estimate of drug-likeness (QED) is 0.342. The van der Waals surface area contributed by atoms with Gasteiger partial charge in [-0.25, -0.2) is 8.42 Å². The van der Waals surface area contributed by atoms with Gasteiger partial charge in [-0.1, -0.05) is 81.7 Å². The van der Waals surface area contributed by atoms with Crippen molar-refractivity contribution in [2.45, 2.75) is 13.5 Å². The zero-order chi connectivity index (χ0) is 20.9. The number of benzene rings is 3. The Morgan fingerprint density at radius 3 is 2.41 bits per heavy atom. The molecule has 0 fully saturated rings. The molecule has 29 heavy (non-hydrogen) atoms. The molecule has 6 heteroatoms. The Labute approximate surface area is 180 Å². The predicted molar refractivity (Wildman–Crippen MR) is 122 cm³/mol. The number of halogens is 1. The molecular weight excluding hydrogens is 450 g/mol. The molecule has 4 nitrogen and oxygen atoms in total. The Kier molecular flexibility index (Phi) is 6.87. The van der Waals surface area contributed by atoms with Crippen molar-refractivity contribution in [3.63, 3.8) is 0 Å². The van der Waals surface area contributed by atoms with Gasteiger partial charge in [-0.05, 0) is 41.3 Å². The molecule has 0 aliphatic rings. The Morgan fingerprint density at radius 1 is 1.00 bits per heavy atom. The molecule has 0 heterocycles. The van der Waals surface area contributed by atoms with Crippen LogP contribution in [0.25, 0.3) is 11.1 Å². The lowest BCUT2D eigenvalue weighted by atomic mass is 9.97. The summed E-state index contributed by atoms with van der Waals surface area (Å²) >= 11 is 3.41. The smallest absolute Gasteiger partial charge is 0.153 e. The molecule has 0 saturated carbocycles. The standard InChI is InChI=1S/C23H22BrNO3S/c1-17-20(11-7-13-22(17)18-8-4-3-5-9-18)15-28-25-23(16-29(2,26)27)19-10-6-12-21(24)14-19/h3-14H,15-16H2,1-2H3/b25-23-. The second-order valence-corrected chi connectivity index (χ2v) is 9.90. The van der Waals surface area contributed by atoms with Gasteiger partial charge in [0.2, 0.25) is 0 Å². The Hall–Kier alpha value is -2.44. The summed E-state index contributed by atoms with van der Waals surface area (Å²) in [6.07, 6.45) is 1.19. The van der Waals surface area contributed by atoms with Crippen molar-refractivity contribution in [1.29, 1.82) is 0 Å². The molecule has 150 valence electrons. The van der Waals surface area contributed by atoms with Crippen LogP contribution in [0.2, 0.25) is 0 Å². The molecule has 3 aromatic rings. The highest BCUT2D eigenvalue weighted by molar-refractivity contribution is 9.10. The summed E-state index contributed by atoms with van der Waals surface area (Å²) in [6.45, 7) is 2.31. The molecule has 0 N–H and O–H groups in total. The van der Waals surface area contributed by atoms with Gasteiger partial charge < -0.3 is 4.84 Å². The van der Waals surface area contributed by atoms with Crippen LogP contribution in [0.5, 0.6) is 0 Å². The van der Waals surface area contributed by atoms with Gasteiger partial charge in [0.05, 0.1) is 5.75 Å². The minimum absolute atomic E-state index is 0.188. The summed E-state index contributed by atoms with van der Waals surface area (Å²) in [5.74, 6) is -0.188. The average molecular weight is 472 g/mol. The van der Waals surface area contributed by atoms with Crippen LogP contribution in [0, 0.1) is 6.92 Å². The molecule has 0 bridgehead atoms. The number of hydrogen-bond acceptors (Lipinski definition) is 4. The third-order valence-corrected chi connectivity index (χ3v) is 5.77. The minimum atomic E-state index is -3.26. The van der Waals surface area contributed by atoms with Crippen LogP contribution in [0.3, 0.4) is 0 Å². The molecule has 0 atom stereocenters. The Morgan fingerprint density at radius 2 is 1.72 bits per heavy atom. The highest BCUT2D eigenvalue weighted by Gasteiger charge is 2.13. The van der Waals surface area contributed by atoms with Crippen LogP contribution < -0.4 is 0 Å². The van der Waals surface area contributed by atoms with Crippen LogP contribution in [0.15, 0.2) is 82.4 Å². The lowest BCUT2D eigenvalue weighted by Crippen LogP contribution is -2.16. The molecule has 0 spiro atoms. The van der Waals surface area contributed by atoms with Gasteiger partial charge in [-0.3, -0.25) is 0 Å². The van der Waals surface area contributed by atoms with E-state index < -0.39 is 9.84 Å². The highest BCUT2D eigenvalue weighted by atomic mass is 79.9. The van der Waals surface area contributed by atoms with Crippen LogP contribution in [-0.4, -0.2) is 26.1 Å². The van der Waals surface area contributed by atoms with Gasteiger partial charge >= 0.3 is 0 Å². The summed E-state index contributed by atoms with van der Waals surface area (Å²) in [6, 6.07) is 23.6. The van der Waals surface area contributed by atoms with Gasteiger partial charge in [0, 0.05) is 16.3 Å². The van der Waals surface area contributed by atoms with Crippen LogP contribution >= 0.6 is 15.9 Å². The van der Waals surface area contributed by atoms with E-state index in [9.17, 15) is 8.42 Å². The van der Waals surface area contributed by atoms with Crippen molar-refractivity contribution >= 4 is 31.5 Å². The van der Waals surface area contributed by atoms with E-state index in [2.05, 4.69) is 46.2 Å². The van der Waals surface area contributed by atoms with E-state index in [1.165, 1.54) is 6.26 Å². The average Bonchev–Trinajstić information content (AvgIpc) is 2.68. The number of sulfone groups is 1. The topological polar surface area (TPSA) is 55.7 Å². The van der Waals surface area contributed by atoms with Gasteiger partial charge in [-0.2, -0.15) is 0 Å². The van der Waals surface area contributed by atoms with Crippen molar-refractivity contribution in [2.75, 3.05) is 12.0 Å². The first kappa shape index (κ1) is 21.3. The van der Waals surface area contributed by atoms with Crippen molar-refractivity contribution in [2.24, 2.45) is 5.16 Å². The first-order valence-electron chi connectivity index (χ1n) is 9.10. The molecule has 0 amide bonds. The molecule has 0 saturated heterocycles. The molecule has 3 aromatic carbocycles. The third-order valence-electron chi connectivity index (χ3n) is 4.48. The second kappa shape index (κ2) is 9.37. The predicted octanol–water partition coefficient (Wildman–Crippen LogP) is 5.39. The molecule has 0 aliphatic heterocycles. The fraction of sp³-hybridized carbons (Fsp3) is 0.174. The number of nitrogens with zero attached hydrogens (tertiary/aromatic N) is 1. The van der Waals surface area contributed by atoms with E-state index in [1.807, 2.05) is 54.6 Å². The largest absolute Gasteiger partial charge is 0.391 e. The first-order valence-corrected chi connectivity index (χ1v) is 12.0. The Balaban J connectivity index is 1.84. The first-order chi connectivity index (χ1) is 13.8. The Bertz CT molecular complexity index is 1130. The number of oxime groups is 1. The SMILES string of the molecule is Cc1c(CO/N=C(/CS(C)(=O)=O)c2cccc(Br)c2)cccc1-c1ccccc1. The van der Waals surface area contributed by atoms with Crippen molar-refractivity contribution in [3.8, 4) is 11.1 Å². The van der Waals surface area contributed by atoms with Gasteiger partial charge in [-0.15, -0.1) is 0 Å². The highest BCUT2D eigenvalue weighted by Crippen LogP contribution is 2.26. The minimum Gasteiger partial charge on any atom is -0.391 e. The number of rotatable bonds is 7. The molecular formula is C23H22BrNO3S. The molecule has 0 aliphatic carbocycles. The fourth-order valence-corrected chi connectivity index (χ4v) is 4.14. The number of hydrogen-bond donors (Lipinski definition) is 0. The second-order valence-electron chi connectivity index (χ2n) is 6.85. The van der Waals surface area contributed by atoms with E-state index in [4.69, 9.17) is 4.84 Å². The van der Waals surface area contributed by atoms with Crippen LogP contribution in [0.4, 0.5) is 0 Å². The molecule has 0 aromatic heterocycles. The van der Waals surface area contributed by atoms with Crippen LogP contribution in [-0.2, 0) is 21.3 Å². The molecule has 3 rings (SSSR count).